The Hall–Kier alpha value is -1.56. The number of nitriles is 1. The van der Waals surface area contributed by atoms with Gasteiger partial charge in [0.1, 0.15) is 17.4 Å². The summed E-state index contributed by atoms with van der Waals surface area (Å²) < 4.78 is 13.6. The van der Waals surface area contributed by atoms with Crippen LogP contribution in [0.3, 0.4) is 0 Å². The highest BCUT2D eigenvalue weighted by molar-refractivity contribution is 5.58. The monoisotopic (exact) mass is 258 g/mol. The minimum Gasteiger partial charge on any atom is -0.381 e. The zero-order chi connectivity index (χ0) is 13.4. The number of nitrogens with zero attached hydrogens (tertiary/aromatic N) is 1. The average molecular weight is 258 g/mol. The lowest BCUT2D eigenvalue weighted by atomic mass is 9.84. The third kappa shape index (κ3) is 2.20. The van der Waals surface area contributed by atoms with Crippen LogP contribution in [0.5, 0.6) is 0 Å². The van der Waals surface area contributed by atoms with Gasteiger partial charge in [0.2, 0.25) is 0 Å². The summed E-state index contributed by atoms with van der Waals surface area (Å²) >= 11 is 0. The fourth-order valence-electron chi connectivity index (χ4n) is 4.02. The predicted octanol–water partition coefficient (Wildman–Crippen LogP) is 3.93. The van der Waals surface area contributed by atoms with E-state index in [2.05, 4.69) is 12.2 Å². The Morgan fingerprint density at radius 2 is 2.21 bits per heavy atom. The molecule has 0 heterocycles. The van der Waals surface area contributed by atoms with Gasteiger partial charge in [-0.2, -0.15) is 5.26 Å². The van der Waals surface area contributed by atoms with E-state index in [1.165, 1.54) is 31.7 Å². The van der Waals surface area contributed by atoms with Crippen LogP contribution in [0.1, 0.15) is 38.2 Å². The Kier molecular flexibility index (Phi) is 3.18. The van der Waals surface area contributed by atoms with Crippen LogP contribution in [0, 0.1) is 34.9 Å². The van der Waals surface area contributed by atoms with Gasteiger partial charge in [0.05, 0.1) is 5.69 Å². The summed E-state index contributed by atoms with van der Waals surface area (Å²) in [6.45, 7) is 2.16. The van der Waals surface area contributed by atoms with E-state index in [1.807, 2.05) is 6.07 Å². The zero-order valence-corrected chi connectivity index (χ0v) is 11.2. The van der Waals surface area contributed by atoms with Gasteiger partial charge in [0.25, 0.3) is 0 Å². The zero-order valence-electron chi connectivity index (χ0n) is 11.2. The van der Waals surface area contributed by atoms with E-state index in [0.717, 1.165) is 11.8 Å². The van der Waals surface area contributed by atoms with E-state index in [4.69, 9.17) is 5.26 Å². The molecule has 3 heteroatoms. The van der Waals surface area contributed by atoms with Crippen LogP contribution < -0.4 is 5.32 Å². The molecule has 4 atom stereocenters. The SMILES string of the molecule is CC(Nc1cccc(F)c1C#N)C1CC2CCC1C2. The molecule has 0 aromatic heterocycles. The van der Waals surface area contributed by atoms with Gasteiger partial charge in [0.15, 0.2) is 0 Å². The smallest absolute Gasteiger partial charge is 0.143 e. The van der Waals surface area contributed by atoms with Gasteiger partial charge in [-0.3, -0.25) is 0 Å². The highest BCUT2D eigenvalue weighted by atomic mass is 19.1. The molecular formula is C16H19FN2. The molecule has 0 amide bonds. The summed E-state index contributed by atoms with van der Waals surface area (Å²) in [5, 5.41) is 12.4. The maximum absolute atomic E-state index is 13.6. The molecule has 0 spiro atoms. The van der Waals surface area contributed by atoms with Crippen molar-refractivity contribution < 1.29 is 4.39 Å². The molecule has 2 fully saturated rings. The summed E-state index contributed by atoms with van der Waals surface area (Å²) in [6, 6.07) is 7.06. The van der Waals surface area contributed by atoms with E-state index < -0.39 is 5.82 Å². The fourth-order valence-corrected chi connectivity index (χ4v) is 4.02. The molecular weight excluding hydrogens is 239 g/mol. The van der Waals surface area contributed by atoms with Crippen molar-refractivity contribution in [3.8, 4) is 6.07 Å². The maximum Gasteiger partial charge on any atom is 0.143 e. The van der Waals surface area contributed by atoms with Gasteiger partial charge >= 0.3 is 0 Å². The number of halogens is 1. The average Bonchev–Trinajstić information content (AvgIpc) is 3.01. The predicted molar refractivity (Wildman–Crippen MR) is 73.1 cm³/mol. The molecule has 4 unspecified atom stereocenters. The molecule has 2 aliphatic carbocycles. The molecule has 3 rings (SSSR count). The van der Waals surface area contributed by atoms with Gasteiger partial charge in [-0.05, 0) is 56.1 Å². The molecule has 19 heavy (non-hydrogen) atoms. The molecule has 1 aromatic rings. The van der Waals surface area contributed by atoms with Crippen molar-refractivity contribution in [1.82, 2.24) is 0 Å². The first-order valence-corrected chi connectivity index (χ1v) is 7.14. The van der Waals surface area contributed by atoms with Gasteiger partial charge in [-0.1, -0.05) is 12.5 Å². The Morgan fingerprint density at radius 1 is 1.37 bits per heavy atom. The molecule has 2 bridgehead atoms. The number of hydrogen-bond donors (Lipinski definition) is 1. The second-order valence-electron chi connectivity index (χ2n) is 6.05. The molecule has 2 aliphatic rings. The van der Waals surface area contributed by atoms with E-state index in [1.54, 1.807) is 12.1 Å². The number of rotatable bonds is 3. The van der Waals surface area contributed by atoms with Crippen molar-refractivity contribution in [1.29, 1.82) is 5.26 Å². The summed E-state index contributed by atoms with van der Waals surface area (Å²) in [5.74, 6) is 1.97. The first-order valence-electron chi connectivity index (χ1n) is 7.14. The Morgan fingerprint density at radius 3 is 2.84 bits per heavy atom. The molecule has 100 valence electrons. The largest absolute Gasteiger partial charge is 0.381 e. The van der Waals surface area contributed by atoms with Gasteiger partial charge < -0.3 is 5.32 Å². The Bertz CT molecular complexity index is 520. The minimum absolute atomic E-state index is 0.137. The minimum atomic E-state index is -0.437. The molecule has 0 radical (unpaired) electrons. The van der Waals surface area contributed by atoms with Crippen LogP contribution in [-0.4, -0.2) is 6.04 Å². The van der Waals surface area contributed by atoms with E-state index in [-0.39, 0.29) is 5.56 Å². The number of benzene rings is 1. The summed E-state index contributed by atoms with van der Waals surface area (Å²) in [5.41, 5.74) is 0.773. The van der Waals surface area contributed by atoms with Crippen molar-refractivity contribution in [3.05, 3.63) is 29.6 Å². The highest BCUT2D eigenvalue weighted by Gasteiger charge is 2.41. The molecule has 0 saturated heterocycles. The standard InChI is InChI=1S/C16H19FN2/c1-10(13-8-11-5-6-12(13)7-11)19-16-4-2-3-15(17)14(16)9-18/h2-4,10-13,19H,5-8H2,1H3. The molecule has 2 saturated carbocycles. The van der Waals surface area contributed by atoms with Gasteiger partial charge in [-0.25, -0.2) is 4.39 Å². The molecule has 1 N–H and O–H groups in total. The third-order valence-corrected chi connectivity index (χ3v) is 4.94. The first kappa shape index (κ1) is 12.5. The molecule has 2 nitrogen and oxygen atoms in total. The van der Waals surface area contributed by atoms with Crippen molar-refractivity contribution in [2.75, 3.05) is 5.32 Å². The number of anilines is 1. The van der Waals surface area contributed by atoms with Crippen molar-refractivity contribution >= 4 is 5.69 Å². The van der Waals surface area contributed by atoms with Crippen molar-refractivity contribution in [2.45, 2.75) is 38.6 Å². The summed E-state index contributed by atoms with van der Waals surface area (Å²) in [7, 11) is 0. The summed E-state index contributed by atoms with van der Waals surface area (Å²) in [6.07, 6.45) is 5.38. The molecule has 0 aliphatic heterocycles. The lowest BCUT2D eigenvalue weighted by Gasteiger charge is -2.29. The van der Waals surface area contributed by atoms with Gasteiger partial charge in [-0.15, -0.1) is 0 Å². The van der Waals surface area contributed by atoms with Crippen molar-refractivity contribution in [3.63, 3.8) is 0 Å². The van der Waals surface area contributed by atoms with E-state index in [9.17, 15) is 4.39 Å². The van der Waals surface area contributed by atoms with Crippen molar-refractivity contribution in [2.24, 2.45) is 17.8 Å². The maximum atomic E-state index is 13.6. The van der Waals surface area contributed by atoms with E-state index in [0.29, 0.717) is 17.6 Å². The first-order chi connectivity index (χ1) is 9.19. The lowest BCUT2D eigenvalue weighted by Crippen LogP contribution is -2.30. The second kappa shape index (κ2) is 4.85. The number of fused-ring (bicyclic) bond motifs is 2. The van der Waals surface area contributed by atoms with Crippen LogP contribution in [0.15, 0.2) is 18.2 Å². The van der Waals surface area contributed by atoms with Crippen LogP contribution in [0.4, 0.5) is 10.1 Å². The lowest BCUT2D eigenvalue weighted by molar-refractivity contribution is 0.304. The highest BCUT2D eigenvalue weighted by Crippen LogP contribution is 2.49. The molecule has 1 aromatic carbocycles. The number of nitrogens with one attached hydrogen (secondary N) is 1. The third-order valence-electron chi connectivity index (χ3n) is 4.94. The van der Waals surface area contributed by atoms with E-state index >= 15 is 0 Å². The van der Waals surface area contributed by atoms with Crippen LogP contribution in [-0.2, 0) is 0 Å². The fraction of sp³-hybridized carbons (Fsp3) is 0.562. The van der Waals surface area contributed by atoms with Crippen LogP contribution in [0.25, 0.3) is 0 Å². The van der Waals surface area contributed by atoms with Crippen LogP contribution >= 0.6 is 0 Å². The second-order valence-corrected chi connectivity index (χ2v) is 6.05. The topological polar surface area (TPSA) is 35.8 Å². The Balaban J connectivity index is 1.75. The Labute approximate surface area is 113 Å². The normalized spacial score (nSPS) is 30.1. The van der Waals surface area contributed by atoms with Gasteiger partial charge in [0, 0.05) is 6.04 Å². The quantitative estimate of drug-likeness (QED) is 0.891. The van der Waals surface area contributed by atoms with Crippen LogP contribution in [0.2, 0.25) is 0 Å². The number of hydrogen-bond acceptors (Lipinski definition) is 2. The summed E-state index contributed by atoms with van der Waals surface area (Å²) in [4.78, 5) is 0.